The second-order valence-electron chi connectivity index (χ2n) is 11.1. The number of carbonyl (C=O) groups excluding carboxylic acids is 1. The molecular weight excluding hydrogens is 538 g/mol. The van der Waals surface area contributed by atoms with Crippen molar-refractivity contribution < 1.29 is 19.2 Å². The van der Waals surface area contributed by atoms with Crippen molar-refractivity contribution in [1.82, 2.24) is 15.0 Å². The molecule has 3 aromatic carbocycles. The molecule has 1 N–H and O–H groups in total. The van der Waals surface area contributed by atoms with Crippen LogP contribution in [0.25, 0.3) is 22.6 Å². The summed E-state index contributed by atoms with van der Waals surface area (Å²) in [6, 6.07) is 25.7. The van der Waals surface area contributed by atoms with Crippen molar-refractivity contribution in [2.45, 2.75) is 84.1 Å². The molecule has 0 saturated carbocycles. The van der Waals surface area contributed by atoms with Crippen LogP contribution in [0, 0.1) is 0 Å². The van der Waals surface area contributed by atoms with Gasteiger partial charge in [-0.2, -0.15) is 4.98 Å². The molecule has 226 valence electrons. The summed E-state index contributed by atoms with van der Waals surface area (Å²) < 4.78 is 5.50. The average Bonchev–Trinajstić information content (AvgIpc) is 3.52. The molecule has 4 aromatic rings. The number of carbonyl (C=O) groups is 2. The van der Waals surface area contributed by atoms with E-state index in [0.717, 1.165) is 46.5 Å². The molecular formula is C36H43N3O4. The molecule has 1 amide bonds. The fourth-order valence-electron chi connectivity index (χ4n) is 5.19. The predicted octanol–water partition coefficient (Wildman–Crippen LogP) is 8.13. The molecule has 7 nitrogen and oxygen atoms in total. The summed E-state index contributed by atoms with van der Waals surface area (Å²) in [5, 5.41) is 13.6. The van der Waals surface area contributed by atoms with Gasteiger partial charge in [0, 0.05) is 25.1 Å². The number of aryl methyl sites for hydroxylation is 1. The average molecular weight is 582 g/mol. The zero-order chi connectivity index (χ0) is 30.3. The van der Waals surface area contributed by atoms with E-state index < -0.39 is 11.9 Å². The minimum Gasteiger partial charge on any atom is -0.474 e. The number of unbranched alkanes of at least 4 members (excludes halogenated alkanes) is 8. The minimum atomic E-state index is -1.46. The summed E-state index contributed by atoms with van der Waals surface area (Å²) in [6.45, 7) is 2.74. The Balaban J connectivity index is 1.26. The van der Waals surface area contributed by atoms with Crippen molar-refractivity contribution in [3.05, 3.63) is 95.8 Å². The molecule has 0 unspecified atom stereocenters. The maximum absolute atomic E-state index is 12.5. The van der Waals surface area contributed by atoms with Crippen LogP contribution in [0.1, 0.15) is 81.7 Å². The number of aromatic nitrogens is 2. The van der Waals surface area contributed by atoms with Gasteiger partial charge in [-0.1, -0.05) is 130 Å². The molecule has 1 aromatic heterocycles. The molecule has 0 saturated heterocycles. The molecule has 4 rings (SSSR count). The molecule has 0 atom stereocenters. The normalized spacial score (nSPS) is 11.0. The molecule has 43 heavy (non-hydrogen) atoms. The lowest BCUT2D eigenvalue weighted by atomic mass is 10.0. The second kappa shape index (κ2) is 17.0. The highest BCUT2D eigenvalue weighted by Crippen LogP contribution is 2.21. The smallest absolute Gasteiger partial charge is 0.394 e. The number of hydrogen-bond donors (Lipinski definition) is 1. The number of hydrogen-bond acceptors (Lipinski definition) is 5. The van der Waals surface area contributed by atoms with E-state index in [4.69, 9.17) is 4.52 Å². The first-order valence-corrected chi connectivity index (χ1v) is 15.6. The van der Waals surface area contributed by atoms with Gasteiger partial charge in [-0.25, -0.2) is 4.79 Å². The van der Waals surface area contributed by atoms with Crippen LogP contribution in [0.15, 0.2) is 83.4 Å². The number of benzene rings is 3. The Labute approximate surface area is 255 Å². The van der Waals surface area contributed by atoms with E-state index in [1.165, 1.54) is 56.3 Å². The highest BCUT2D eigenvalue weighted by molar-refractivity contribution is 6.31. The summed E-state index contributed by atoms with van der Waals surface area (Å²) in [5.74, 6) is -1.18. The zero-order valence-corrected chi connectivity index (χ0v) is 25.2. The van der Waals surface area contributed by atoms with Crippen LogP contribution in [-0.4, -0.2) is 38.6 Å². The second-order valence-corrected chi connectivity index (χ2v) is 11.1. The molecule has 0 fully saturated rings. The maximum Gasteiger partial charge on any atom is 0.394 e. The first kappa shape index (κ1) is 31.7. The molecule has 0 radical (unpaired) electrons. The van der Waals surface area contributed by atoms with E-state index >= 15 is 0 Å². The van der Waals surface area contributed by atoms with Gasteiger partial charge < -0.3 is 14.5 Å². The van der Waals surface area contributed by atoms with E-state index in [1.54, 1.807) is 0 Å². The molecule has 0 aliphatic heterocycles. The summed E-state index contributed by atoms with van der Waals surface area (Å²) in [4.78, 5) is 30.0. The third kappa shape index (κ3) is 10.2. The van der Waals surface area contributed by atoms with E-state index in [0.29, 0.717) is 18.9 Å². The van der Waals surface area contributed by atoms with E-state index in [2.05, 4.69) is 29.2 Å². The summed E-state index contributed by atoms with van der Waals surface area (Å²) in [5.41, 5.74) is 4.90. The fraction of sp³-hybridized carbons (Fsp3) is 0.389. The standard InChI is InChI=1S/C36H43N3O4/c1-2-3-4-5-6-7-8-9-13-16-33-37-34(43-38-33)32-23-19-29(20-24-32)27-39(35(40)36(41)42)26-25-28-17-21-31(22-18-28)30-14-11-10-12-15-30/h10-12,14-15,17-24H,2-9,13,16,25-27H2,1H3,(H,41,42). The Morgan fingerprint density at radius 3 is 1.93 bits per heavy atom. The SMILES string of the molecule is CCCCCCCCCCCc1noc(-c2ccc(CN(CCc3ccc(-c4ccccc4)cc3)C(=O)C(=O)O)cc2)n1. The van der Waals surface area contributed by atoms with Crippen LogP contribution in [0.2, 0.25) is 0 Å². The molecule has 0 aliphatic rings. The zero-order valence-electron chi connectivity index (χ0n) is 25.2. The van der Waals surface area contributed by atoms with Gasteiger partial charge in [-0.05, 0) is 47.2 Å². The highest BCUT2D eigenvalue weighted by Gasteiger charge is 2.21. The van der Waals surface area contributed by atoms with Gasteiger partial charge in [0.25, 0.3) is 5.89 Å². The fourth-order valence-corrected chi connectivity index (χ4v) is 5.19. The summed E-state index contributed by atoms with van der Waals surface area (Å²) >= 11 is 0. The van der Waals surface area contributed by atoms with Crippen LogP contribution < -0.4 is 0 Å². The minimum absolute atomic E-state index is 0.196. The maximum atomic E-state index is 12.5. The highest BCUT2D eigenvalue weighted by atomic mass is 16.5. The first-order valence-electron chi connectivity index (χ1n) is 15.6. The topological polar surface area (TPSA) is 96.5 Å². The first-order chi connectivity index (χ1) is 21.0. The van der Waals surface area contributed by atoms with Crippen LogP contribution in [0.5, 0.6) is 0 Å². The number of amides is 1. The van der Waals surface area contributed by atoms with Crippen LogP contribution >= 0.6 is 0 Å². The molecule has 0 spiro atoms. The van der Waals surface area contributed by atoms with Gasteiger partial charge in [0.05, 0.1) is 0 Å². The Morgan fingerprint density at radius 2 is 1.28 bits per heavy atom. The molecule has 0 bridgehead atoms. The Hall–Kier alpha value is -4.26. The Kier molecular flexibility index (Phi) is 12.5. The number of nitrogens with zero attached hydrogens (tertiary/aromatic N) is 3. The van der Waals surface area contributed by atoms with Gasteiger partial charge in [0.1, 0.15) is 0 Å². The molecule has 1 heterocycles. The van der Waals surface area contributed by atoms with Crippen molar-refractivity contribution in [2.75, 3.05) is 6.54 Å². The predicted molar refractivity (Wildman–Crippen MR) is 169 cm³/mol. The lowest BCUT2D eigenvalue weighted by Crippen LogP contribution is -2.37. The van der Waals surface area contributed by atoms with Gasteiger partial charge >= 0.3 is 11.9 Å². The van der Waals surface area contributed by atoms with Crippen molar-refractivity contribution in [3.63, 3.8) is 0 Å². The monoisotopic (exact) mass is 581 g/mol. The van der Waals surface area contributed by atoms with Gasteiger partial charge in [-0.15, -0.1) is 0 Å². The largest absolute Gasteiger partial charge is 0.474 e. The number of rotatable bonds is 17. The van der Waals surface area contributed by atoms with Gasteiger partial charge in [-0.3, -0.25) is 4.79 Å². The van der Waals surface area contributed by atoms with Crippen molar-refractivity contribution >= 4 is 11.9 Å². The van der Waals surface area contributed by atoms with Crippen LogP contribution in [0.3, 0.4) is 0 Å². The van der Waals surface area contributed by atoms with E-state index in [-0.39, 0.29) is 6.54 Å². The van der Waals surface area contributed by atoms with Crippen LogP contribution in [0.4, 0.5) is 0 Å². The van der Waals surface area contributed by atoms with Gasteiger partial charge in [0.15, 0.2) is 5.82 Å². The third-order valence-corrected chi connectivity index (χ3v) is 7.75. The Bertz CT molecular complexity index is 1400. The molecule has 7 heteroatoms. The number of carboxylic acid groups (broad SMARTS) is 1. The number of carboxylic acids is 1. The quantitative estimate of drug-likeness (QED) is 0.0999. The van der Waals surface area contributed by atoms with Crippen LogP contribution in [-0.2, 0) is 29.0 Å². The Morgan fingerprint density at radius 1 is 0.698 bits per heavy atom. The lowest BCUT2D eigenvalue weighted by Gasteiger charge is -2.21. The van der Waals surface area contributed by atoms with E-state index in [9.17, 15) is 14.7 Å². The van der Waals surface area contributed by atoms with Gasteiger partial charge in [0.2, 0.25) is 0 Å². The molecule has 0 aliphatic carbocycles. The third-order valence-electron chi connectivity index (χ3n) is 7.75. The van der Waals surface area contributed by atoms with E-state index in [1.807, 2.05) is 66.7 Å². The lowest BCUT2D eigenvalue weighted by molar-refractivity contribution is -0.156. The van der Waals surface area contributed by atoms with Crippen molar-refractivity contribution in [1.29, 1.82) is 0 Å². The van der Waals surface area contributed by atoms with Crippen molar-refractivity contribution in [2.24, 2.45) is 0 Å². The summed E-state index contributed by atoms with van der Waals surface area (Å²) in [6.07, 6.45) is 12.8. The summed E-state index contributed by atoms with van der Waals surface area (Å²) in [7, 11) is 0. The number of aliphatic carboxylic acids is 1. The van der Waals surface area contributed by atoms with Crippen molar-refractivity contribution in [3.8, 4) is 22.6 Å².